The zero-order valence-electron chi connectivity index (χ0n) is 11.4. The molecular weight excluding hydrogens is 280 g/mol. The molecule has 0 bridgehead atoms. The van der Waals surface area contributed by atoms with Gasteiger partial charge in [-0.1, -0.05) is 5.92 Å². The number of nitrogens with one attached hydrogen (secondary N) is 1. The molecule has 0 amide bonds. The highest BCUT2D eigenvalue weighted by Gasteiger charge is 2.45. The second-order valence-electron chi connectivity index (χ2n) is 4.51. The van der Waals surface area contributed by atoms with Crippen LogP contribution in [0, 0.1) is 12.3 Å². The number of hydrogen-bond acceptors (Lipinski definition) is 6. The summed E-state index contributed by atoms with van der Waals surface area (Å²) < 4.78 is 17.1. The Bertz CT molecular complexity index is 631. The molecule has 1 fully saturated rings. The van der Waals surface area contributed by atoms with Gasteiger partial charge in [-0.3, -0.25) is 14.3 Å². The van der Waals surface area contributed by atoms with Crippen LogP contribution in [-0.2, 0) is 14.2 Å². The third kappa shape index (κ3) is 3.22. The number of aliphatic hydroxyl groups excluding tert-OH is 1. The van der Waals surface area contributed by atoms with Gasteiger partial charge in [0.15, 0.2) is 6.23 Å². The highest BCUT2D eigenvalue weighted by molar-refractivity contribution is 4.95. The fourth-order valence-electron chi connectivity index (χ4n) is 2.20. The van der Waals surface area contributed by atoms with E-state index in [1.165, 1.54) is 19.4 Å². The van der Waals surface area contributed by atoms with Crippen LogP contribution < -0.4 is 11.2 Å². The molecule has 4 atom stereocenters. The zero-order valence-corrected chi connectivity index (χ0v) is 11.4. The Balaban J connectivity index is 2.32. The van der Waals surface area contributed by atoms with Crippen LogP contribution in [-0.4, -0.2) is 53.3 Å². The first-order valence-electron chi connectivity index (χ1n) is 6.27. The maximum atomic E-state index is 11.8. The fraction of sp³-hybridized carbons (Fsp3) is 0.538. The van der Waals surface area contributed by atoms with Crippen LogP contribution in [0.15, 0.2) is 21.9 Å². The summed E-state index contributed by atoms with van der Waals surface area (Å²) in [4.78, 5) is 25.1. The van der Waals surface area contributed by atoms with Gasteiger partial charge >= 0.3 is 5.69 Å². The van der Waals surface area contributed by atoms with Gasteiger partial charge in [-0.15, -0.1) is 6.42 Å². The van der Waals surface area contributed by atoms with Gasteiger partial charge in [-0.25, -0.2) is 4.79 Å². The van der Waals surface area contributed by atoms with Crippen molar-refractivity contribution in [3.63, 3.8) is 0 Å². The Labute approximate surface area is 120 Å². The summed E-state index contributed by atoms with van der Waals surface area (Å²) in [7, 11) is 1.47. The molecule has 1 aliphatic rings. The van der Waals surface area contributed by atoms with E-state index >= 15 is 0 Å². The van der Waals surface area contributed by atoms with Crippen LogP contribution in [0.25, 0.3) is 0 Å². The topological polar surface area (TPSA) is 103 Å². The third-order valence-corrected chi connectivity index (χ3v) is 3.13. The van der Waals surface area contributed by atoms with Crippen molar-refractivity contribution in [1.29, 1.82) is 0 Å². The molecule has 0 saturated carbocycles. The maximum absolute atomic E-state index is 11.8. The lowest BCUT2D eigenvalue weighted by Gasteiger charge is -2.21. The average Bonchev–Trinajstić information content (AvgIpc) is 2.74. The summed E-state index contributed by atoms with van der Waals surface area (Å²) >= 11 is 0. The summed E-state index contributed by atoms with van der Waals surface area (Å²) in [5.74, 6) is 2.29. The van der Waals surface area contributed by atoms with Crippen LogP contribution in [0.1, 0.15) is 6.23 Å². The minimum absolute atomic E-state index is 0.0423. The van der Waals surface area contributed by atoms with E-state index in [0.29, 0.717) is 0 Å². The lowest BCUT2D eigenvalue weighted by molar-refractivity contribution is -0.0710. The first kappa shape index (κ1) is 15.5. The molecule has 1 aliphatic heterocycles. The van der Waals surface area contributed by atoms with Crippen LogP contribution in [0.5, 0.6) is 0 Å². The van der Waals surface area contributed by atoms with Gasteiger partial charge in [0.05, 0.1) is 6.61 Å². The Kier molecular flexibility index (Phi) is 4.93. The molecule has 1 aromatic rings. The van der Waals surface area contributed by atoms with Gasteiger partial charge in [0.25, 0.3) is 5.56 Å². The molecule has 8 nitrogen and oxygen atoms in total. The summed E-state index contributed by atoms with van der Waals surface area (Å²) in [5, 5.41) is 10.2. The SMILES string of the molecule is C#CCO[C@H]1C(O)[C@@H](COC)O[C@H]1n1ccc(=O)[nH]c1=O. The quantitative estimate of drug-likeness (QED) is 0.638. The summed E-state index contributed by atoms with van der Waals surface area (Å²) in [6.45, 7) is 0.0884. The van der Waals surface area contributed by atoms with Crippen molar-refractivity contribution in [1.82, 2.24) is 9.55 Å². The second-order valence-corrected chi connectivity index (χ2v) is 4.51. The predicted octanol–water partition coefficient (Wildman–Crippen LogP) is -1.54. The molecule has 1 aromatic heterocycles. The van der Waals surface area contributed by atoms with Crippen LogP contribution >= 0.6 is 0 Å². The molecule has 2 heterocycles. The van der Waals surface area contributed by atoms with Gasteiger partial charge in [0.2, 0.25) is 0 Å². The second kappa shape index (κ2) is 6.69. The smallest absolute Gasteiger partial charge is 0.330 e. The van der Waals surface area contributed by atoms with E-state index in [2.05, 4.69) is 10.9 Å². The Morgan fingerprint density at radius 1 is 1.57 bits per heavy atom. The number of aliphatic hydroxyl groups is 1. The van der Waals surface area contributed by atoms with E-state index in [1.54, 1.807) is 0 Å². The van der Waals surface area contributed by atoms with Crippen molar-refractivity contribution in [2.45, 2.75) is 24.5 Å². The molecule has 8 heteroatoms. The van der Waals surface area contributed by atoms with E-state index in [0.717, 1.165) is 4.57 Å². The average molecular weight is 296 g/mol. The third-order valence-electron chi connectivity index (χ3n) is 3.13. The molecule has 1 unspecified atom stereocenters. The fourth-order valence-corrected chi connectivity index (χ4v) is 2.20. The van der Waals surface area contributed by atoms with Crippen molar-refractivity contribution >= 4 is 0 Å². The molecule has 0 spiro atoms. The molecule has 0 aromatic carbocycles. The summed E-state index contributed by atoms with van der Waals surface area (Å²) in [5.41, 5.74) is -1.18. The summed E-state index contributed by atoms with van der Waals surface area (Å²) in [6, 6.07) is 1.18. The largest absolute Gasteiger partial charge is 0.387 e. The van der Waals surface area contributed by atoms with Crippen molar-refractivity contribution in [2.75, 3.05) is 20.3 Å². The molecule has 0 radical (unpaired) electrons. The van der Waals surface area contributed by atoms with Gasteiger partial charge < -0.3 is 19.3 Å². The summed E-state index contributed by atoms with van der Waals surface area (Å²) in [6.07, 6.45) is 2.99. The number of hydrogen-bond donors (Lipinski definition) is 2. The Morgan fingerprint density at radius 2 is 2.33 bits per heavy atom. The van der Waals surface area contributed by atoms with Crippen LogP contribution in [0.2, 0.25) is 0 Å². The van der Waals surface area contributed by atoms with Crippen LogP contribution in [0.4, 0.5) is 0 Å². The highest BCUT2D eigenvalue weighted by atomic mass is 16.6. The molecular formula is C13H16N2O6. The standard InChI is InChI=1S/C13H16N2O6/c1-3-6-20-11-10(17)8(7-19-2)21-12(11)15-5-4-9(16)14-13(15)18/h1,4-5,8,10-12,17H,6-7H2,2H3,(H,14,16,18)/t8-,10?,11+,12-/m1/s1. The van der Waals surface area contributed by atoms with Crippen molar-refractivity contribution in [2.24, 2.45) is 0 Å². The van der Waals surface area contributed by atoms with Gasteiger partial charge in [-0.05, 0) is 0 Å². The van der Waals surface area contributed by atoms with Gasteiger partial charge in [0, 0.05) is 19.4 Å². The van der Waals surface area contributed by atoms with E-state index in [4.69, 9.17) is 20.6 Å². The van der Waals surface area contributed by atoms with E-state index < -0.39 is 35.8 Å². The molecule has 1 saturated heterocycles. The van der Waals surface area contributed by atoms with Crippen molar-refractivity contribution in [3.05, 3.63) is 33.1 Å². The number of methoxy groups -OCH3 is 1. The predicted molar refractivity (Wildman–Crippen MR) is 71.7 cm³/mol. The number of nitrogens with zero attached hydrogens (tertiary/aromatic N) is 1. The maximum Gasteiger partial charge on any atom is 0.330 e. The highest BCUT2D eigenvalue weighted by Crippen LogP contribution is 2.30. The van der Waals surface area contributed by atoms with Crippen LogP contribution in [0.3, 0.4) is 0 Å². The Morgan fingerprint density at radius 3 is 2.95 bits per heavy atom. The molecule has 2 rings (SSSR count). The number of ether oxygens (including phenoxy) is 3. The lowest BCUT2D eigenvalue weighted by Crippen LogP contribution is -2.39. The number of aromatic nitrogens is 2. The van der Waals surface area contributed by atoms with E-state index in [1.807, 2.05) is 0 Å². The van der Waals surface area contributed by atoms with E-state index in [-0.39, 0.29) is 13.2 Å². The minimum Gasteiger partial charge on any atom is -0.387 e. The number of rotatable bonds is 5. The monoisotopic (exact) mass is 296 g/mol. The molecule has 21 heavy (non-hydrogen) atoms. The van der Waals surface area contributed by atoms with Gasteiger partial charge in [-0.2, -0.15) is 0 Å². The first-order valence-corrected chi connectivity index (χ1v) is 6.27. The zero-order chi connectivity index (χ0) is 15.4. The first-order chi connectivity index (χ1) is 10.1. The number of aromatic amines is 1. The number of terminal acetylenes is 1. The van der Waals surface area contributed by atoms with Crippen molar-refractivity contribution in [3.8, 4) is 12.3 Å². The normalized spacial score (nSPS) is 28.4. The molecule has 114 valence electrons. The molecule has 0 aliphatic carbocycles. The Hall–Kier alpha value is -1.92. The van der Waals surface area contributed by atoms with E-state index in [9.17, 15) is 14.7 Å². The number of H-pyrrole nitrogens is 1. The van der Waals surface area contributed by atoms with Crippen molar-refractivity contribution < 1.29 is 19.3 Å². The lowest BCUT2D eigenvalue weighted by atomic mass is 10.1. The minimum atomic E-state index is -1.01. The van der Waals surface area contributed by atoms with Gasteiger partial charge in [0.1, 0.15) is 24.9 Å². The molecule has 2 N–H and O–H groups in total.